The van der Waals surface area contributed by atoms with Crippen LogP contribution in [0.25, 0.3) is 21.9 Å². The van der Waals surface area contributed by atoms with Crippen LogP contribution in [-0.2, 0) is 4.79 Å². The van der Waals surface area contributed by atoms with E-state index in [-0.39, 0.29) is 29.6 Å². The number of hydrogen-bond donors (Lipinski definition) is 5. The van der Waals surface area contributed by atoms with E-state index in [4.69, 9.17) is 5.73 Å². The van der Waals surface area contributed by atoms with E-state index in [2.05, 4.69) is 20.6 Å². The number of nitrogens with two attached hydrogens (primary N) is 1. The molecule has 6 N–H and O–H groups in total. The number of carbonyl (C=O) groups excluding carboxylic acids is 2. The molecule has 1 saturated heterocycles. The molecular weight excluding hydrogens is 561 g/mol. The van der Waals surface area contributed by atoms with Gasteiger partial charge in [0.05, 0.1) is 11.0 Å². The van der Waals surface area contributed by atoms with Crippen LogP contribution in [0.2, 0.25) is 0 Å². The van der Waals surface area contributed by atoms with Crippen molar-refractivity contribution in [3.05, 3.63) is 70.5 Å². The number of halogens is 1. The number of benzene rings is 2. The summed E-state index contributed by atoms with van der Waals surface area (Å²) in [4.78, 5) is 47.9. The molecule has 2 fully saturated rings. The number of imidazole rings is 1. The number of rotatable bonds is 8. The number of amides is 3. The lowest BCUT2D eigenvalue weighted by atomic mass is 9.81. The van der Waals surface area contributed by atoms with E-state index < -0.39 is 11.9 Å². The molecule has 2 aromatic heterocycles. The monoisotopic (exact) mass is 603 g/mol. The number of nitrogens with zero attached hydrogens (tertiary/aromatic N) is 2. The highest BCUT2D eigenvalue weighted by Gasteiger charge is 2.33. The highest BCUT2D eigenvalue weighted by Crippen LogP contribution is 2.30. The SMILES string of the molecule is C[C@@H](c1c[nH]c2ccccc12)[C@@H](NC(=O)N1CCC(n2c(=O)[nH]c3cc(F)ccc32)CC1)C(=O)NCC1CCC[C@H](CN)C1. The van der Waals surface area contributed by atoms with Gasteiger partial charge in [-0.2, -0.15) is 0 Å². The average Bonchev–Trinajstić information content (AvgIpc) is 3.62. The van der Waals surface area contributed by atoms with Crippen LogP contribution >= 0.6 is 0 Å². The molecule has 44 heavy (non-hydrogen) atoms. The van der Waals surface area contributed by atoms with E-state index in [0.717, 1.165) is 42.1 Å². The van der Waals surface area contributed by atoms with Gasteiger partial charge in [-0.3, -0.25) is 9.36 Å². The summed E-state index contributed by atoms with van der Waals surface area (Å²) in [7, 11) is 0. The number of fused-ring (bicyclic) bond motifs is 2. The minimum atomic E-state index is -0.778. The summed E-state index contributed by atoms with van der Waals surface area (Å²) >= 11 is 0. The Balaban J connectivity index is 1.15. The van der Waals surface area contributed by atoms with E-state index >= 15 is 0 Å². The smallest absolute Gasteiger partial charge is 0.326 e. The quantitative estimate of drug-likeness (QED) is 0.204. The van der Waals surface area contributed by atoms with Crippen LogP contribution in [0.15, 0.2) is 53.5 Å². The van der Waals surface area contributed by atoms with E-state index in [9.17, 15) is 18.8 Å². The largest absolute Gasteiger partial charge is 0.361 e. The number of nitrogens with one attached hydrogen (secondary N) is 4. The molecule has 1 saturated carbocycles. The number of H-pyrrole nitrogens is 2. The Morgan fingerprint density at radius 3 is 2.64 bits per heavy atom. The number of hydrogen-bond acceptors (Lipinski definition) is 4. The molecule has 3 heterocycles. The zero-order valence-corrected chi connectivity index (χ0v) is 25.2. The van der Waals surface area contributed by atoms with E-state index in [1.807, 2.05) is 37.4 Å². The second-order valence-corrected chi connectivity index (χ2v) is 12.6. The maximum absolute atomic E-state index is 13.8. The van der Waals surface area contributed by atoms with Gasteiger partial charge >= 0.3 is 11.7 Å². The third-order valence-corrected chi connectivity index (χ3v) is 9.76. The van der Waals surface area contributed by atoms with Crippen LogP contribution in [-0.4, -0.2) is 63.6 Å². The van der Waals surface area contributed by atoms with Crippen LogP contribution in [0.3, 0.4) is 0 Å². The highest BCUT2D eigenvalue weighted by molar-refractivity contribution is 5.90. The summed E-state index contributed by atoms with van der Waals surface area (Å²) in [5.41, 5.74) is 8.71. The third-order valence-electron chi connectivity index (χ3n) is 9.76. The van der Waals surface area contributed by atoms with Crippen molar-refractivity contribution in [2.75, 3.05) is 26.2 Å². The fraction of sp³-hybridized carbons (Fsp3) is 0.485. The average molecular weight is 604 g/mol. The third kappa shape index (κ3) is 6.10. The first-order chi connectivity index (χ1) is 21.3. The van der Waals surface area contributed by atoms with Crippen molar-refractivity contribution in [3.63, 3.8) is 0 Å². The minimum absolute atomic E-state index is 0.122. The molecule has 2 aromatic carbocycles. The van der Waals surface area contributed by atoms with Gasteiger partial charge in [-0.1, -0.05) is 31.5 Å². The van der Waals surface area contributed by atoms with Crippen LogP contribution < -0.4 is 22.1 Å². The number of carbonyl (C=O) groups is 2. The fourth-order valence-electron chi connectivity index (χ4n) is 7.24. The summed E-state index contributed by atoms with van der Waals surface area (Å²) in [6.45, 7) is 4.07. The predicted molar refractivity (Wildman–Crippen MR) is 169 cm³/mol. The number of aromatic nitrogens is 3. The Hall–Kier alpha value is -4.12. The van der Waals surface area contributed by atoms with Gasteiger partial charge in [0.15, 0.2) is 0 Å². The van der Waals surface area contributed by atoms with Crippen LogP contribution in [0.1, 0.15) is 63.0 Å². The first-order valence-electron chi connectivity index (χ1n) is 15.8. The van der Waals surface area contributed by atoms with Gasteiger partial charge in [-0.15, -0.1) is 0 Å². The Morgan fingerprint density at radius 2 is 1.84 bits per heavy atom. The number of para-hydroxylation sites is 1. The second kappa shape index (κ2) is 12.9. The predicted octanol–water partition coefficient (Wildman–Crippen LogP) is 4.35. The molecule has 0 radical (unpaired) electrons. The van der Waals surface area contributed by atoms with Crippen molar-refractivity contribution in [2.24, 2.45) is 17.6 Å². The summed E-state index contributed by atoms with van der Waals surface area (Å²) < 4.78 is 15.4. The molecule has 1 aliphatic carbocycles. The molecule has 6 rings (SSSR count). The second-order valence-electron chi connectivity index (χ2n) is 12.6. The summed E-state index contributed by atoms with van der Waals surface area (Å²) in [6, 6.07) is 11.0. The molecule has 1 aliphatic heterocycles. The van der Waals surface area contributed by atoms with Crippen molar-refractivity contribution in [3.8, 4) is 0 Å². The molecule has 0 spiro atoms. The number of piperidine rings is 1. The molecule has 234 valence electrons. The number of urea groups is 1. The van der Waals surface area contributed by atoms with Crippen molar-refractivity contribution in [1.29, 1.82) is 0 Å². The lowest BCUT2D eigenvalue weighted by molar-refractivity contribution is -0.123. The fourth-order valence-corrected chi connectivity index (χ4v) is 7.24. The van der Waals surface area contributed by atoms with Gasteiger partial charge in [0, 0.05) is 48.7 Å². The lowest BCUT2D eigenvalue weighted by Gasteiger charge is -2.34. The molecular formula is C33H42FN7O3. The van der Waals surface area contributed by atoms with E-state index in [1.165, 1.54) is 12.1 Å². The molecule has 1 unspecified atom stereocenters. The van der Waals surface area contributed by atoms with Gasteiger partial charge in [-0.05, 0) is 80.3 Å². The van der Waals surface area contributed by atoms with Crippen LogP contribution in [0.4, 0.5) is 9.18 Å². The normalized spacial score (nSPS) is 20.9. The van der Waals surface area contributed by atoms with Gasteiger partial charge in [-0.25, -0.2) is 14.0 Å². The van der Waals surface area contributed by atoms with E-state index in [0.29, 0.717) is 61.9 Å². The molecule has 10 nitrogen and oxygen atoms in total. The van der Waals surface area contributed by atoms with Gasteiger partial charge in [0.1, 0.15) is 11.9 Å². The van der Waals surface area contributed by atoms with Crippen molar-refractivity contribution >= 4 is 33.9 Å². The first kappa shape index (κ1) is 29.9. The van der Waals surface area contributed by atoms with Crippen LogP contribution in [0.5, 0.6) is 0 Å². The Kier molecular flexibility index (Phi) is 8.74. The van der Waals surface area contributed by atoms with Gasteiger partial charge in [0.25, 0.3) is 0 Å². The lowest BCUT2D eigenvalue weighted by Crippen LogP contribution is -2.55. The maximum Gasteiger partial charge on any atom is 0.326 e. The highest BCUT2D eigenvalue weighted by atomic mass is 19.1. The molecule has 3 amide bonds. The Labute approximate surface area is 255 Å². The zero-order chi connectivity index (χ0) is 30.8. The minimum Gasteiger partial charge on any atom is -0.361 e. The summed E-state index contributed by atoms with van der Waals surface area (Å²) in [5, 5.41) is 7.25. The van der Waals surface area contributed by atoms with Crippen LogP contribution in [0, 0.1) is 17.7 Å². The topological polar surface area (TPSA) is 141 Å². The van der Waals surface area contributed by atoms with E-state index in [1.54, 1.807) is 15.5 Å². The Bertz CT molecular complexity index is 1690. The summed E-state index contributed by atoms with van der Waals surface area (Å²) in [6.07, 6.45) is 7.38. The molecule has 11 heteroatoms. The number of aromatic amines is 2. The molecule has 4 aromatic rings. The van der Waals surface area contributed by atoms with Gasteiger partial charge in [0.2, 0.25) is 5.91 Å². The maximum atomic E-state index is 13.8. The van der Waals surface area contributed by atoms with Gasteiger partial charge < -0.3 is 31.2 Å². The van der Waals surface area contributed by atoms with Crippen molar-refractivity contribution < 1.29 is 14.0 Å². The van der Waals surface area contributed by atoms with Crippen molar-refractivity contribution in [1.82, 2.24) is 30.1 Å². The standard InChI is InChI=1S/C33H42FN7O3/c1-20(26-19-36-27-8-3-2-7-25(26)27)30(31(42)37-18-22-6-4-5-21(15-22)17-35)39-32(43)40-13-11-24(12-14-40)41-29-10-9-23(34)16-28(29)38-33(41)44/h2-3,7-10,16,19-22,24,30,36H,4-6,11-15,17-18,35H2,1H3,(H,37,42)(H,38,44)(H,39,43)/t20-,21-,22?,30+/m0/s1. The molecule has 0 bridgehead atoms. The first-order valence-corrected chi connectivity index (χ1v) is 15.8. The number of likely N-dealkylation sites (tertiary alicyclic amines) is 1. The molecule has 4 atom stereocenters. The van der Waals surface area contributed by atoms with Crippen molar-refractivity contribution in [2.45, 2.75) is 63.5 Å². The zero-order valence-electron chi connectivity index (χ0n) is 25.2. The Morgan fingerprint density at radius 1 is 1.07 bits per heavy atom. The summed E-state index contributed by atoms with van der Waals surface area (Å²) in [5.74, 6) is -0.0178. The molecule has 2 aliphatic rings.